The Morgan fingerprint density at radius 1 is 1.42 bits per heavy atom. The van der Waals surface area contributed by atoms with E-state index in [9.17, 15) is 10.1 Å². The van der Waals surface area contributed by atoms with E-state index in [1.54, 1.807) is 18.5 Å². The normalized spacial score (nSPS) is 10.7. The summed E-state index contributed by atoms with van der Waals surface area (Å²) >= 11 is 0. The Hall–Kier alpha value is -2.90. The molecule has 0 saturated carbocycles. The fourth-order valence-electron chi connectivity index (χ4n) is 1.75. The van der Waals surface area contributed by atoms with Crippen LogP contribution in [0.3, 0.4) is 0 Å². The first-order chi connectivity index (χ1) is 9.22. The van der Waals surface area contributed by atoms with Gasteiger partial charge in [0.15, 0.2) is 0 Å². The first kappa shape index (κ1) is 11.2. The Labute approximate surface area is 107 Å². The zero-order valence-corrected chi connectivity index (χ0v) is 9.75. The second-order valence-corrected chi connectivity index (χ2v) is 4.00. The van der Waals surface area contributed by atoms with E-state index in [0.717, 1.165) is 5.56 Å². The van der Waals surface area contributed by atoms with Crippen molar-refractivity contribution in [3.05, 3.63) is 46.3 Å². The van der Waals surface area contributed by atoms with Gasteiger partial charge in [-0.1, -0.05) is 0 Å². The molecule has 0 bridgehead atoms. The minimum Gasteiger partial charge on any atom is -0.352 e. The molecule has 0 radical (unpaired) electrons. The molecule has 0 aliphatic rings. The van der Waals surface area contributed by atoms with E-state index in [1.165, 1.54) is 12.1 Å². The molecule has 0 atom stereocenters. The van der Waals surface area contributed by atoms with Crippen LogP contribution in [0.1, 0.15) is 5.56 Å². The van der Waals surface area contributed by atoms with E-state index in [1.807, 2.05) is 0 Å². The summed E-state index contributed by atoms with van der Waals surface area (Å²) in [5, 5.41) is 20.3. The number of nitro groups is 1. The molecule has 0 unspecified atom stereocenters. The molecule has 8 nitrogen and oxygen atoms in total. The molecule has 0 amide bonds. The Morgan fingerprint density at radius 2 is 2.32 bits per heavy atom. The number of imidazole rings is 1. The van der Waals surface area contributed by atoms with Gasteiger partial charge in [0.1, 0.15) is 0 Å². The summed E-state index contributed by atoms with van der Waals surface area (Å²) in [4.78, 5) is 17.5. The Kier molecular flexibility index (Phi) is 2.60. The van der Waals surface area contributed by atoms with E-state index in [0.29, 0.717) is 23.5 Å². The third kappa shape index (κ3) is 2.23. The molecule has 0 fully saturated rings. The summed E-state index contributed by atoms with van der Waals surface area (Å²) in [5.41, 5.74) is 2.34. The summed E-state index contributed by atoms with van der Waals surface area (Å²) in [6.07, 6.45) is 3.49. The summed E-state index contributed by atoms with van der Waals surface area (Å²) in [5.74, 6) is 0.566. The van der Waals surface area contributed by atoms with Crippen molar-refractivity contribution in [2.24, 2.45) is 0 Å². The number of anilines is 1. The highest BCUT2D eigenvalue weighted by molar-refractivity contribution is 5.79. The van der Waals surface area contributed by atoms with Crippen molar-refractivity contribution in [3.8, 4) is 0 Å². The third-order valence-corrected chi connectivity index (χ3v) is 2.69. The van der Waals surface area contributed by atoms with Gasteiger partial charge in [-0.15, -0.1) is 0 Å². The van der Waals surface area contributed by atoms with Crippen molar-refractivity contribution in [2.75, 3.05) is 5.32 Å². The first-order valence-corrected chi connectivity index (χ1v) is 5.58. The van der Waals surface area contributed by atoms with Crippen LogP contribution in [-0.4, -0.2) is 25.1 Å². The molecule has 8 heteroatoms. The van der Waals surface area contributed by atoms with Crippen molar-refractivity contribution in [3.63, 3.8) is 0 Å². The summed E-state index contributed by atoms with van der Waals surface area (Å²) in [6.45, 7) is 0.568. The number of aromatic amines is 2. The number of rotatable bonds is 4. The largest absolute Gasteiger partial charge is 0.352 e. The van der Waals surface area contributed by atoms with Crippen LogP contribution < -0.4 is 5.32 Å². The van der Waals surface area contributed by atoms with Crippen LogP contribution >= 0.6 is 0 Å². The number of hydrogen-bond donors (Lipinski definition) is 3. The van der Waals surface area contributed by atoms with Crippen molar-refractivity contribution in [2.45, 2.75) is 6.54 Å². The van der Waals surface area contributed by atoms with Gasteiger partial charge in [0.2, 0.25) is 5.95 Å². The molecule has 96 valence electrons. The average Bonchev–Trinajstić information content (AvgIpc) is 3.04. The molecule has 0 spiro atoms. The number of nitrogens with zero attached hydrogens (tertiary/aromatic N) is 3. The lowest BCUT2D eigenvalue weighted by molar-refractivity contribution is -0.384. The fourth-order valence-corrected chi connectivity index (χ4v) is 1.75. The van der Waals surface area contributed by atoms with Crippen molar-refractivity contribution < 1.29 is 4.92 Å². The molecular formula is C11H10N6O2. The molecule has 2 aromatic heterocycles. The predicted octanol–water partition coefficient (Wildman–Crippen LogP) is 1.81. The van der Waals surface area contributed by atoms with E-state index in [4.69, 9.17) is 0 Å². The molecule has 0 aliphatic carbocycles. The molecule has 3 rings (SSSR count). The Bertz CT molecular complexity index is 718. The van der Waals surface area contributed by atoms with Gasteiger partial charge in [-0.25, -0.2) is 4.98 Å². The lowest BCUT2D eigenvalue weighted by Crippen LogP contribution is -1.99. The summed E-state index contributed by atoms with van der Waals surface area (Å²) in [6, 6.07) is 4.52. The standard InChI is InChI=1S/C11H10N6O2/c18-17(19)8-1-2-9-10(3-8)16-11(15-9)12-4-7-5-13-14-6-7/h1-3,5-6H,4H2,(H,13,14)(H2,12,15,16). The monoisotopic (exact) mass is 258 g/mol. The van der Waals surface area contributed by atoms with E-state index < -0.39 is 4.92 Å². The van der Waals surface area contributed by atoms with E-state index >= 15 is 0 Å². The maximum atomic E-state index is 10.7. The number of fused-ring (bicyclic) bond motifs is 1. The molecular weight excluding hydrogens is 248 g/mol. The second-order valence-electron chi connectivity index (χ2n) is 4.00. The predicted molar refractivity (Wildman–Crippen MR) is 68.7 cm³/mol. The van der Waals surface area contributed by atoms with E-state index in [-0.39, 0.29) is 5.69 Å². The average molecular weight is 258 g/mol. The highest BCUT2D eigenvalue weighted by Gasteiger charge is 2.09. The number of non-ortho nitro benzene ring substituents is 1. The first-order valence-electron chi connectivity index (χ1n) is 5.58. The van der Waals surface area contributed by atoms with Crippen LogP contribution in [0.4, 0.5) is 11.6 Å². The minimum atomic E-state index is -0.432. The summed E-state index contributed by atoms with van der Waals surface area (Å²) < 4.78 is 0. The third-order valence-electron chi connectivity index (χ3n) is 2.69. The second kappa shape index (κ2) is 4.41. The molecule has 3 N–H and O–H groups in total. The highest BCUT2D eigenvalue weighted by Crippen LogP contribution is 2.20. The molecule has 0 saturated heterocycles. The quantitative estimate of drug-likeness (QED) is 0.488. The van der Waals surface area contributed by atoms with Crippen LogP contribution in [0.2, 0.25) is 0 Å². The number of benzene rings is 1. The Balaban J connectivity index is 1.83. The van der Waals surface area contributed by atoms with Crippen LogP contribution in [0.5, 0.6) is 0 Å². The van der Waals surface area contributed by atoms with Crippen molar-refractivity contribution in [1.82, 2.24) is 20.2 Å². The smallest absolute Gasteiger partial charge is 0.271 e. The van der Waals surface area contributed by atoms with Crippen LogP contribution in [0.15, 0.2) is 30.6 Å². The number of nitro benzene ring substituents is 1. The lowest BCUT2D eigenvalue weighted by Gasteiger charge is -1.98. The zero-order valence-electron chi connectivity index (χ0n) is 9.75. The van der Waals surface area contributed by atoms with Gasteiger partial charge in [-0.05, 0) is 6.07 Å². The Morgan fingerprint density at radius 3 is 3.05 bits per heavy atom. The number of aromatic nitrogens is 4. The van der Waals surface area contributed by atoms with Gasteiger partial charge in [-0.2, -0.15) is 5.10 Å². The number of nitrogens with one attached hydrogen (secondary N) is 3. The van der Waals surface area contributed by atoms with Gasteiger partial charge < -0.3 is 10.3 Å². The maximum absolute atomic E-state index is 10.7. The highest BCUT2D eigenvalue weighted by atomic mass is 16.6. The van der Waals surface area contributed by atoms with Gasteiger partial charge >= 0.3 is 0 Å². The number of H-pyrrole nitrogens is 2. The molecule has 2 heterocycles. The maximum Gasteiger partial charge on any atom is 0.271 e. The minimum absolute atomic E-state index is 0.0394. The molecule has 19 heavy (non-hydrogen) atoms. The molecule has 1 aromatic carbocycles. The lowest BCUT2D eigenvalue weighted by atomic mass is 10.3. The van der Waals surface area contributed by atoms with Crippen molar-refractivity contribution in [1.29, 1.82) is 0 Å². The summed E-state index contributed by atoms with van der Waals surface area (Å²) in [7, 11) is 0. The van der Waals surface area contributed by atoms with E-state index in [2.05, 4.69) is 25.5 Å². The van der Waals surface area contributed by atoms with Gasteiger partial charge in [0.05, 0.1) is 22.2 Å². The fraction of sp³-hybridized carbons (Fsp3) is 0.0909. The zero-order chi connectivity index (χ0) is 13.2. The van der Waals surface area contributed by atoms with Crippen LogP contribution in [-0.2, 0) is 6.54 Å². The number of hydrogen-bond acceptors (Lipinski definition) is 5. The molecule has 3 aromatic rings. The van der Waals surface area contributed by atoms with Gasteiger partial charge in [0, 0.05) is 30.4 Å². The SMILES string of the molecule is O=[N+]([O-])c1ccc2nc(NCc3cn[nH]c3)[nH]c2c1. The van der Waals surface area contributed by atoms with Gasteiger partial charge in [-0.3, -0.25) is 15.2 Å². The topological polar surface area (TPSA) is 113 Å². The van der Waals surface area contributed by atoms with Crippen molar-refractivity contribution >= 4 is 22.7 Å². The van der Waals surface area contributed by atoms with Gasteiger partial charge in [0.25, 0.3) is 5.69 Å². The van der Waals surface area contributed by atoms with Crippen LogP contribution in [0, 0.1) is 10.1 Å². The molecule has 0 aliphatic heterocycles. The van der Waals surface area contributed by atoms with Crippen LogP contribution in [0.25, 0.3) is 11.0 Å².